The first-order valence-corrected chi connectivity index (χ1v) is 8.30. The molecule has 2 aliphatic rings. The minimum atomic E-state index is -0.289. The molecule has 2 fully saturated rings. The fraction of sp³-hybridized carbons (Fsp3) is 0.938. The highest BCUT2D eigenvalue weighted by molar-refractivity contribution is 5.78. The first kappa shape index (κ1) is 16.7. The van der Waals surface area contributed by atoms with E-state index in [1.165, 1.54) is 19.3 Å². The molecule has 0 aromatic heterocycles. The van der Waals surface area contributed by atoms with Crippen molar-refractivity contribution >= 4 is 5.91 Å². The first-order valence-electron chi connectivity index (χ1n) is 8.30. The van der Waals surface area contributed by atoms with Crippen molar-refractivity contribution in [1.82, 2.24) is 14.7 Å². The van der Waals surface area contributed by atoms with Crippen LogP contribution in [0.4, 0.5) is 0 Å². The summed E-state index contributed by atoms with van der Waals surface area (Å²) in [7, 11) is 6.03. The Morgan fingerprint density at radius 1 is 1.19 bits per heavy atom. The number of hydrogen-bond donors (Lipinski definition) is 1. The lowest BCUT2D eigenvalue weighted by Gasteiger charge is -2.33. The fourth-order valence-corrected chi connectivity index (χ4v) is 3.72. The summed E-state index contributed by atoms with van der Waals surface area (Å²) in [4.78, 5) is 18.8. The molecule has 1 amide bonds. The maximum atomic E-state index is 12.5. The van der Waals surface area contributed by atoms with Gasteiger partial charge in [-0.15, -0.1) is 0 Å². The quantitative estimate of drug-likeness (QED) is 0.814. The molecule has 1 aliphatic carbocycles. The van der Waals surface area contributed by atoms with Crippen LogP contribution in [-0.4, -0.2) is 84.7 Å². The van der Waals surface area contributed by atoms with Gasteiger partial charge in [0.05, 0.1) is 12.6 Å². The zero-order valence-corrected chi connectivity index (χ0v) is 13.8. The molecule has 5 heteroatoms. The number of aliphatic hydroxyl groups excluding tert-OH is 1. The zero-order valence-electron chi connectivity index (χ0n) is 13.8. The van der Waals surface area contributed by atoms with Crippen LogP contribution in [0.2, 0.25) is 0 Å². The SMILES string of the molecule is CN(C)CC1CC(O)CN1CC(=O)N(C)C1CCCCC1. The Labute approximate surface area is 128 Å². The zero-order chi connectivity index (χ0) is 15.4. The first-order chi connectivity index (χ1) is 9.97. The van der Waals surface area contributed by atoms with Crippen molar-refractivity contribution in [2.24, 2.45) is 0 Å². The standard InChI is InChI=1S/C16H31N3O2/c1-17(2)10-14-9-15(20)11-19(14)12-16(21)18(3)13-7-5-4-6-8-13/h13-15,20H,4-12H2,1-3H3. The second-order valence-corrected chi connectivity index (χ2v) is 7.03. The smallest absolute Gasteiger partial charge is 0.236 e. The number of β-amino-alcohol motifs (C(OH)–C–C–N with tert-alkyl or cyclic N) is 1. The topological polar surface area (TPSA) is 47.0 Å². The van der Waals surface area contributed by atoms with Crippen LogP contribution in [-0.2, 0) is 4.79 Å². The Hall–Kier alpha value is -0.650. The number of aliphatic hydroxyl groups is 1. The van der Waals surface area contributed by atoms with Crippen LogP contribution < -0.4 is 0 Å². The maximum Gasteiger partial charge on any atom is 0.236 e. The Morgan fingerprint density at radius 2 is 1.86 bits per heavy atom. The molecule has 21 heavy (non-hydrogen) atoms. The second-order valence-electron chi connectivity index (χ2n) is 7.03. The molecule has 1 N–H and O–H groups in total. The maximum absolute atomic E-state index is 12.5. The van der Waals surface area contributed by atoms with E-state index in [4.69, 9.17) is 0 Å². The molecular formula is C16H31N3O2. The fourth-order valence-electron chi connectivity index (χ4n) is 3.72. The van der Waals surface area contributed by atoms with E-state index >= 15 is 0 Å². The van der Waals surface area contributed by atoms with E-state index in [0.29, 0.717) is 25.2 Å². The molecule has 2 rings (SSSR count). The van der Waals surface area contributed by atoms with Crippen molar-refractivity contribution in [3.05, 3.63) is 0 Å². The molecule has 0 spiro atoms. The van der Waals surface area contributed by atoms with Crippen LogP contribution in [0.15, 0.2) is 0 Å². The van der Waals surface area contributed by atoms with Crippen LogP contribution in [0.1, 0.15) is 38.5 Å². The average molecular weight is 297 g/mol. The minimum Gasteiger partial charge on any atom is -0.392 e. The summed E-state index contributed by atoms with van der Waals surface area (Å²) in [6.45, 7) is 1.98. The lowest BCUT2D eigenvalue weighted by atomic mass is 9.94. The third-order valence-electron chi connectivity index (χ3n) is 4.94. The highest BCUT2D eigenvalue weighted by Crippen LogP contribution is 2.23. The number of carbonyl (C=O) groups is 1. The van der Waals surface area contributed by atoms with Gasteiger partial charge in [-0.25, -0.2) is 0 Å². The lowest BCUT2D eigenvalue weighted by Crippen LogP contribution is -2.47. The Morgan fingerprint density at radius 3 is 2.48 bits per heavy atom. The number of hydrogen-bond acceptors (Lipinski definition) is 4. The number of rotatable bonds is 5. The molecule has 1 saturated carbocycles. The summed E-state index contributed by atoms with van der Waals surface area (Å²) in [6.07, 6.45) is 6.57. The summed E-state index contributed by atoms with van der Waals surface area (Å²) in [5.74, 6) is 0.208. The van der Waals surface area contributed by atoms with Crippen LogP contribution in [0.25, 0.3) is 0 Å². The number of likely N-dealkylation sites (tertiary alicyclic amines) is 1. The van der Waals surface area contributed by atoms with Gasteiger partial charge in [0, 0.05) is 32.2 Å². The Bertz CT molecular complexity index is 342. The summed E-state index contributed by atoms with van der Waals surface area (Å²) in [5.41, 5.74) is 0. The Balaban J connectivity index is 1.87. The highest BCUT2D eigenvalue weighted by atomic mass is 16.3. The third kappa shape index (κ3) is 4.66. The van der Waals surface area contributed by atoms with Gasteiger partial charge in [-0.05, 0) is 33.4 Å². The summed E-state index contributed by atoms with van der Waals surface area (Å²) in [6, 6.07) is 0.713. The Kier molecular flexibility index (Phi) is 6.02. The molecule has 122 valence electrons. The van der Waals surface area contributed by atoms with Crippen molar-refractivity contribution in [3.63, 3.8) is 0 Å². The van der Waals surface area contributed by atoms with Crippen molar-refractivity contribution in [3.8, 4) is 0 Å². The molecule has 1 heterocycles. The normalized spacial score (nSPS) is 28.2. The van der Waals surface area contributed by atoms with Crippen molar-refractivity contribution in [1.29, 1.82) is 0 Å². The van der Waals surface area contributed by atoms with E-state index in [9.17, 15) is 9.90 Å². The van der Waals surface area contributed by atoms with Crippen molar-refractivity contribution in [2.45, 2.75) is 56.7 Å². The van der Waals surface area contributed by atoms with Gasteiger partial charge < -0.3 is 14.9 Å². The predicted octanol–water partition coefficient (Wildman–Crippen LogP) is 0.774. The van der Waals surface area contributed by atoms with E-state index in [-0.39, 0.29) is 12.0 Å². The largest absolute Gasteiger partial charge is 0.392 e. The van der Waals surface area contributed by atoms with E-state index < -0.39 is 0 Å². The van der Waals surface area contributed by atoms with Crippen LogP contribution in [0.5, 0.6) is 0 Å². The molecule has 1 aliphatic heterocycles. The molecular weight excluding hydrogens is 266 g/mol. The molecule has 0 radical (unpaired) electrons. The number of likely N-dealkylation sites (N-methyl/N-ethyl adjacent to an activating group) is 2. The molecule has 1 saturated heterocycles. The minimum absolute atomic E-state index is 0.208. The van der Waals surface area contributed by atoms with Crippen LogP contribution in [0, 0.1) is 0 Å². The average Bonchev–Trinajstić information content (AvgIpc) is 2.77. The van der Waals surface area contributed by atoms with Gasteiger partial charge in [0.1, 0.15) is 0 Å². The predicted molar refractivity (Wildman–Crippen MR) is 84.2 cm³/mol. The molecule has 5 nitrogen and oxygen atoms in total. The third-order valence-corrected chi connectivity index (χ3v) is 4.94. The number of carbonyl (C=O) groups excluding carboxylic acids is 1. The molecule has 2 atom stereocenters. The van der Waals surface area contributed by atoms with E-state index in [0.717, 1.165) is 25.8 Å². The van der Waals surface area contributed by atoms with Gasteiger partial charge in [0.25, 0.3) is 0 Å². The van der Waals surface area contributed by atoms with E-state index in [1.807, 2.05) is 26.0 Å². The second kappa shape index (κ2) is 7.56. The summed E-state index contributed by atoms with van der Waals surface area (Å²) >= 11 is 0. The van der Waals surface area contributed by atoms with Crippen molar-refractivity contribution < 1.29 is 9.90 Å². The van der Waals surface area contributed by atoms with Gasteiger partial charge in [0.15, 0.2) is 0 Å². The van der Waals surface area contributed by atoms with Gasteiger partial charge >= 0.3 is 0 Å². The van der Waals surface area contributed by atoms with E-state index in [1.54, 1.807) is 0 Å². The van der Waals surface area contributed by atoms with E-state index in [2.05, 4.69) is 9.80 Å². The number of nitrogens with zero attached hydrogens (tertiary/aromatic N) is 3. The summed E-state index contributed by atoms with van der Waals surface area (Å²) < 4.78 is 0. The monoisotopic (exact) mass is 297 g/mol. The van der Waals surface area contributed by atoms with Crippen LogP contribution in [0.3, 0.4) is 0 Å². The van der Waals surface area contributed by atoms with Crippen molar-refractivity contribution in [2.75, 3.05) is 40.8 Å². The molecule has 0 aromatic carbocycles. The molecule has 0 bridgehead atoms. The summed E-state index contributed by atoms with van der Waals surface area (Å²) in [5, 5.41) is 9.90. The van der Waals surface area contributed by atoms with Crippen LogP contribution >= 0.6 is 0 Å². The molecule has 0 aromatic rings. The van der Waals surface area contributed by atoms with Gasteiger partial charge in [-0.3, -0.25) is 9.69 Å². The molecule has 2 unspecified atom stereocenters. The lowest BCUT2D eigenvalue weighted by molar-refractivity contribution is -0.134. The number of amides is 1. The highest BCUT2D eigenvalue weighted by Gasteiger charge is 2.33. The van der Waals surface area contributed by atoms with Gasteiger partial charge in [0.2, 0.25) is 5.91 Å². The van der Waals surface area contributed by atoms with Gasteiger partial charge in [-0.1, -0.05) is 19.3 Å². The van der Waals surface area contributed by atoms with Gasteiger partial charge in [-0.2, -0.15) is 0 Å².